The van der Waals surface area contributed by atoms with E-state index in [2.05, 4.69) is 41.3 Å². The zero-order valence-corrected chi connectivity index (χ0v) is 18.8. The summed E-state index contributed by atoms with van der Waals surface area (Å²) in [5.74, 6) is -0.358. The number of nitrogens with one attached hydrogen (secondary N) is 2. The van der Waals surface area contributed by atoms with E-state index >= 15 is 0 Å². The van der Waals surface area contributed by atoms with E-state index in [4.69, 9.17) is 0 Å². The van der Waals surface area contributed by atoms with Gasteiger partial charge >= 0.3 is 6.36 Å². The van der Waals surface area contributed by atoms with Crippen LogP contribution < -0.4 is 15.4 Å². The van der Waals surface area contributed by atoms with Gasteiger partial charge in [-0.3, -0.25) is 0 Å². The summed E-state index contributed by atoms with van der Waals surface area (Å²) in [6.45, 7) is 1.23. The molecule has 0 aliphatic carbocycles. The first-order valence-corrected chi connectivity index (χ1v) is 10.2. The second kappa shape index (κ2) is 10.1. The van der Waals surface area contributed by atoms with Crippen molar-refractivity contribution < 1.29 is 22.3 Å². The van der Waals surface area contributed by atoms with Crippen LogP contribution in [0.15, 0.2) is 53.0 Å². The third kappa shape index (κ3) is 7.06. The lowest BCUT2D eigenvalue weighted by Crippen LogP contribution is -2.21. The van der Waals surface area contributed by atoms with Crippen molar-refractivity contribution >= 4 is 33.4 Å². The minimum Gasteiger partial charge on any atom is -0.406 e. The van der Waals surface area contributed by atoms with E-state index in [1.807, 2.05) is 19.0 Å². The van der Waals surface area contributed by atoms with Crippen molar-refractivity contribution in [2.45, 2.75) is 6.36 Å². The first kappa shape index (κ1) is 23.7. The smallest absolute Gasteiger partial charge is 0.406 e. The Labute approximate surface area is 190 Å². The maximum Gasteiger partial charge on any atom is 0.573 e. The fourth-order valence-corrected chi connectivity index (χ4v) is 3.04. The summed E-state index contributed by atoms with van der Waals surface area (Å²) in [6, 6.07) is 11.5. The predicted molar refractivity (Wildman–Crippen MR) is 119 cm³/mol. The van der Waals surface area contributed by atoms with Crippen molar-refractivity contribution in [3.8, 4) is 17.0 Å². The normalized spacial score (nSPS) is 11.5. The summed E-state index contributed by atoms with van der Waals surface area (Å²) in [5, 5.41) is 5.97. The van der Waals surface area contributed by atoms with E-state index in [1.54, 1.807) is 12.1 Å². The van der Waals surface area contributed by atoms with Gasteiger partial charge in [0.2, 0.25) is 5.95 Å². The lowest BCUT2D eigenvalue weighted by Gasteiger charge is -2.14. The summed E-state index contributed by atoms with van der Waals surface area (Å²) in [4.78, 5) is 10.7. The zero-order chi connectivity index (χ0) is 23.3. The van der Waals surface area contributed by atoms with Crippen molar-refractivity contribution in [1.29, 1.82) is 0 Å². The molecule has 0 amide bonds. The molecule has 32 heavy (non-hydrogen) atoms. The number of hydrogen-bond acceptors (Lipinski definition) is 6. The molecule has 0 fully saturated rings. The van der Waals surface area contributed by atoms with E-state index in [-0.39, 0.29) is 23.2 Å². The molecule has 11 heteroatoms. The number of alkyl halides is 3. The van der Waals surface area contributed by atoms with Gasteiger partial charge in [-0.05, 0) is 44.4 Å². The highest BCUT2D eigenvalue weighted by Gasteiger charge is 2.31. The summed E-state index contributed by atoms with van der Waals surface area (Å²) >= 11 is 3.20. The van der Waals surface area contributed by atoms with Crippen LogP contribution >= 0.6 is 15.9 Å². The highest BCUT2D eigenvalue weighted by atomic mass is 79.9. The Hall–Kier alpha value is -2.92. The van der Waals surface area contributed by atoms with Crippen molar-refractivity contribution in [3.05, 3.63) is 58.8 Å². The van der Waals surface area contributed by atoms with Crippen LogP contribution in [-0.2, 0) is 0 Å². The maximum absolute atomic E-state index is 14.3. The number of rotatable bonds is 8. The van der Waals surface area contributed by atoms with Crippen LogP contribution in [0.2, 0.25) is 0 Å². The van der Waals surface area contributed by atoms with Crippen molar-refractivity contribution in [1.82, 2.24) is 14.9 Å². The van der Waals surface area contributed by atoms with Crippen LogP contribution in [0.4, 0.5) is 35.0 Å². The largest absolute Gasteiger partial charge is 0.573 e. The average molecular weight is 514 g/mol. The standard InChI is InChI=1S/C21H20BrF4N5O/c1-31(2)9-8-27-20-29-18(13-4-3-5-15(10-13)32-21(24,25)26)12-19(30-20)28-17-7-6-14(22)11-16(17)23/h3-7,10-12H,8-9H2,1-2H3,(H2,27,28,29,30). The number of ether oxygens (including phenoxy) is 1. The van der Waals surface area contributed by atoms with Crippen LogP contribution in [0.1, 0.15) is 0 Å². The minimum atomic E-state index is -4.81. The Morgan fingerprint density at radius 1 is 1.06 bits per heavy atom. The fourth-order valence-electron chi connectivity index (χ4n) is 2.71. The van der Waals surface area contributed by atoms with Gasteiger partial charge in [-0.2, -0.15) is 4.98 Å². The van der Waals surface area contributed by atoms with Gasteiger partial charge in [0.1, 0.15) is 17.4 Å². The number of benzene rings is 2. The highest BCUT2D eigenvalue weighted by Crippen LogP contribution is 2.30. The Morgan fingerprint density at radius 2 is 1.84 bits per heavy atom. The minimum absolute atomic E-state index is 0.186. The summed E-state index contributed by atoms with van der Waals surface area (Å²) in [6.07, 6.45) is -4.81. The van der Waals surface area contributed by atoms with Crippen molar-refractivity contribution in [3.63, 3.8) is 0 Å². The molecular weight excluding hydrogens is 494 g/mol. The maximum atomic E-state index is 14.3. The van der Waals surface area contributed by atoms with Gasteiger partial charge < -0.3 is 20.3 Å². The van der Waals surface area contributed by atoms with E-state index in [0.717, 1.165) is 0 Å². The van der Waals surface area contributed by atoms with Gasteiger partial charge in [0.05, 0.1) is 11.4 Å². The van der Waals surface area contributed by atoms with E-state index < -0.39 is 12.2 Å². The second-order valence-corrected chi connectivity index (χ2v) is 7.93. The quantitative estimate of drug-likeness (QED) is 0.379. The third-order valence-corrected chi connectivity index (χ3v) is 4.62. The molecule has 3 aromatic rings. The molecule has 0 atom stereocenters. The Kier molecular flexibility index (Phi) is 7.52. The van der Waals surface area contributed by atoms with Crippen molar-refractivity contribution in [2.75, 3.05) is 37.8 Å². The molecular formula is C21H20BrF4N5O. The van der Waals surface area contributed by atoms with Crippen LogP contribution in [0.3, 0.4) is 0 Å². The van der Waals surface area contributed by atoms with Gasteiger partial charge in [-0.1, -0.05) is 28.1 Å². The third-order valence-electron chi connectivity index (χ3n) is 4.13. The molecule has 1 aromatic heterocycles. The topological polar surface area (TPSA) is 62.3 Å². The van der Waals surface area contributed by atoms with Gasteiger partial charge in [-0.15, -0.1) is 13.2 Å². The average Bonchev–Trinajstić information content (AvgIpc) is 2.69. The summed E-state index contributed by atoms with van der Waals surface area (Å²) in [7, 11) is 3.82. The zero-order valence-electron chi connectivity index (χ0n) is 17.2. The molecule has 0 spiro atoms. The molecule has 2 N–H and O–H groups in total. The lowest BCUT2D eigenvalue weighted by atomic mass is 10.1. The van der Waals surface area contributed by atoms with Crippen LogP contribution in [-0.4, -0.2) is 48.4 Å². The first-order valence-electron chi connectivity index (χ1n) is 9.45. The molecule has 0 saturated carbocycles. The molecule has 0 aliphatic heterocycles. The molecule has 0 saturated heterocycles. The second-order valence-electron chi connectivity index (χ2n) is 7.02. The number of hydrogen-bond donors (Lipinski definition) is 2. The fraction of sp³-hybridized carbons (Fsp3) is 0.238. The molecule has 0 bridgehead atoms. The van der Waals surface area contributed by atoms with E-state index in [0.29, 0.717) is 28.8 Å². The predicted octanol–water partition coefficient (Wildman–Crippen LogP) is 5.66. The van der Waals surface area contributed by atoms with Crippen LogP contribution in [0, 0.1) is 5.82 Å². The van der Waals surface area contributed by atoms with Gasteiger partial charge in [0.15, 0.2) is 0 Å². The molecule has 170 valence electrons. The van der Waals surface area contributed by atoms with Crippen LogP contribution in [0.5, 0.6) is 5.75 Å². The Morgan fingerprint density at radius 3 is 2.53 bits per heavy atom. The molecule has 0 radical (unpaired) electrons. The van der Waals surface area contributed by atoms with E-state index in [1.165, 1.54) is 36.4 Å². The number of likely N-dealkylation sites (N-methyl/N-ethyl adjacent to an activating group) is 1. The van der Waals surface area contributed by atoms with Gasteiger partial charge in [-0.25, -0.2) is 9.37 Å². The van der Waals surface area contributed by atoms with Crippen LogP contribution in [0.25, 0.3) is 11.3 Å². The molecule has 1 heterocycles. The Bertz CT molecular complexity index is 1080. The molecule has 3 rings (SSSR count). The van der Waals surface area contributed by atoms with Gasteiger partial charge in [0, 0.05) is 29.2 Å². The number of aromatic nitrogens is 2. The number of nitrogens with zero attached hydrogens (tertiary/aromatic N) is 3. The monoisotopic (exact) mass is 513 g/mol. The molecule has 2 aromatic carbocycles. The molecule has 0 unspecified atom stereocenters. The van der Waals surface area contributed by atoms with Gasteiger partial charge in [0.25, 0.3) is 0 Å². The van der Waals surface area contributed by atoms with E-state index in [9.17, 15) is 17.6 Å². The molecule has 0 aliphatic rings. The first-order chi connectivity index (χ1) is 15.1. The summed E-state index contributed by atoms with van der Waals surface area (Å²) in [5.41, 5.74) is 0.899. The lowest BCUT2D eigenvalue weighted by molar-refractivity contribution is -0.274. The van der Waals surface area contributed by atoms with Crippen molar-refractivity contribution in [2.24, 2.45) is 0 Å². The number of anilines is 3. The highest BCUT2D eigenvalue weighted by molar-refractivity contribution is 9.10. The SMILES string of the molecule is CN(C)CCNc1nc(Nc2ccc(Br)cc2F)cc(-c2cccc(OC(F)(F)F)c2)n1. The number of halogens is 5. The summed E-state index contributed by atoms with van der Waals surface area (Å²) < 4.78 is 56.7. The molecule has 6 nitrogen and oxygen atoms in total. The Balaban J connectivity index is 1.95.